The topological polar surface area (TPSA) is 116 Å². The molecule has 0 atom stereocenters. The van der Waals surface area contributed by atoms with Crippen molar-refractivity contribution in [3.05, 3.63) is 11.9 Å². The zero-order chi connectivity index (χ0) is 13.1. The first-order valence-corrected chi connectivity index (χ1v) is 5.16. The highest BCUT2D eigenvalue weighted by Crippen LogP contribution is 2.18. The van der Waals surface area contributed by atoms with E-state index in [1.165, 1.54) is 7.11 Å². The molecule has 2 rings (SSSR count). The highest BCUT2D eigenvalue weighted by molar-refractivity contribution is 5.55. The van der Waals surface area contributed by atoms with Crippen LogP contribution in [0.4, 0.5) is 17.6 Å². The number of hydrogen-bond acceptors (Lipinski definition) is 8. The molecule has 0 saturated heterocycles. The van der Waals surface area contributed by atoms with Crippen LogP contribution in [-0.2, 0) is 7.05 Å². The molecule has 4 N–H and O–H groups in total. The molecule has 2 aromatic rings. The van der Waals surface area contributed by atoms with Crippen LogP contribution in [0.25, 0.3) is 0 Å². The third-order valence-corrected chi connectivity index (χ3v) is 2.19. The Labute approximate surface area is 103 Å². The van der Waals surface area contributed by atoms with Crippen LogP contribution in [0.5, 0.6) is 6.01 Å². The summed E-state index contributed by atoms with van der Waals surface area (Å²) in [5.74, 6) is 5.81. The van der Waals surface area contributed by atoms with Gasteiger partial charge in [0.05, 0.1) is 18.5 Å². The van der Waals surface area contributed by atoms with E-state index >= 15 is 0 Å². The Morgan fingerprint density at radius 2 is 2.00 bits per heavy atom. The first-order valence-electron chi connectivity index (χ1n) is 5.16. The summed E-state index contributed by atoms with van der Waals surface area (Å²) >= 11 is 0. The normalized spacial score (nSPS) is 10.2. The van der Waals surface area contributed by atoms with Gasteiger partial charge in [-0.3, -0.25) is 10.1 Å². The Bertz CT molecular complexity index is 529. The second-order valence-corrected chi connectivity index (χ2v) is 3.54. The fourth-order valence-electron chi connectivity index (χ4n) is 1.41. The predicted octanol–water partition coefficient (Wildman–Crippen LogP) is -0.0487. The number of hydrazine groups is 1. The number of anilines is 3. The number of nitrogen functional groups attached to an aromatic ring is 1. The molecule has 0 amide bonds. The highest BCUT2D eigenvalue weighted by atomic mass is 16.5. The van der Waals surface area contributed by atoms with Gasteiger partial charge < -0.3 is 10.1 Å². The molecule has 96 valence electrons. The molecule has 0 radical (unpaired) electrons. The Hall–Kier alpha value is -2.42. The van der Waals surface area contributed by atoms with Gasteiger partial charge >= 0.3 is 6.01 Å². The lowest BCUT2D eigenvalue weighted by atomic mass is 10.4. The predicted molar refractivity (Wildman–Crippen MR) is 65.4 cm³/mol. The van der Waals surface area contributed by atoms with Gasteiger partial charge in [0, 0.05) is 13.2 Å². The van der Waals surface area contributed by atoms with E-state index in [1.807, 2.05) is 20.2 Å². The lowest BCUT2D eigenvalue weighted by Gasteiger charge is -2.06. The van der Waals surface area contributed by atoms with Crippen LogP contribution in [0.1, 0.15) is 5.69 Å². The maximum absolute atomic E-state index is 5.27. The van der Waals surface area contributed by atoms with Gasteiger partial charge in [-0.1, -0.05) is 0 Å². The quantitative estimate of drug-likeness (QED) is 0.511. The summed E-state index contributed by atoms with van der Waals surface area (Å²) in [6.45, 7) is 1.88. The molecular formula is C9H14N8O. The van der Waals surface area contributed by atoms with Crippen molar-refractivity contribution in [2.24, 2.45) is 12.9 Å². The van der Waals surface area contributed by atoms with Gasteiger partial charge in [-0.25, -0.2) is 5.84 Å². The molecule has 2 heterocycles. The van der Waals surface area contributed by atoms with Crippen molar-refractivity contribution >= 4 is 17.6 Å². The first kappa shape index (κ1) is 12.0. The van der Waals surface area contributed by atoms with E-state index in [9.17, 15) is 0 Å². The van der Waals surface area contributed by atoms with E-state index in [2.05, 4.69) is 30.8 Å². The van der Waals surface area contributed by atoms with E-state index < -0.39 is 0 Å². The second kappa shape index (κ2) is 4.84. The van der Waals surface area contributed by atoms with Gasteiger partial charge in [-0.2, -0.15) is 20.1 Å². The monoisotopic (exact) mass is 250 g/mol. The summed E-state index contributed by atoms with van der Waals surface area (Å²) < 4.78 is 6.64. The van der Waals surface area contributed by atoms with Crippen LogP contribution in [-0.4, -0.2) is 31.8 Å². The Morgan fingerprint density at radius 1 is 1.28 bits per heavy atom. The van der Waals surface area contributed by atoms with Crippen LogP contribution in [0, 0.1) is 6.92 Å². The van der Waals surface area contributed by atoms with E-state index in [-0.39, 0.29) is 12.0 Å². The molecule has 0 unspecified atom stereocenters. The summed E-state index contributed by atoms with van der Waals surface area (Å²) in [6, 6.07) is 0.169. The fraction of sp³-hybridized carbons (Fsp3) is 0.333. The molecule has 9 nitrogen and oxygen atoms in total. The molecule has 0 saturated carbocycles. The number of aryl methyl sites for hydroxylation is 2. The fourth-order valence-corrected chi connectivity index (χ4v) is 1.41. The standard InChI is InChI=1S/C9H14N8O/c1-5-6(4-17(2)16-5)11-7-12-8(15-10)14-9(13-7)18-3/h4H,10H2,1-3H3,(H2,11,12,13,14,15). The molecule has 0 aliphatic carbocycles. The number of nitrogens with zero attached hydrogens (tertiary/aromatic N) is 5. The van der Waals surface area contributed by atoms with Crippen LogP contribution in [0.3, 0.4) is 0 Å². The van der Waals surface area contributed by atoms with Gasteiger partial charge in [0.25, 0.3) is 0 Å². The molecular weight excluding hydrogens is 236 g/mol. The van der Waals surface area contributed by atoms with E-state index in [4.69, 9.17) is 10.6 Å². The van der Waals surface area contributed by atoms with Gasteiger partial charge in [0.15, 0.2) is 0 Å². The molecule has 0 fully saturated rings. The van der Waals surface area contributed by atoms with E-state index in [0.29, 0.717) is 5.95 Å². The molecule has 0 bridgehead atoms. The van der Waals surface area contributed by atoms with Gasteiger partial charge in [0.2, 0.25) is 11.9 Å². The molecule has 0 aliphatic rings. The number of nitrogens with two attached hydrogens (primary N) is 1. The minimum atomic E-state index is 0.169. The maximum atomic E-state index is 5.27. The molecule has 0 aliphatic heterocycles. The number of ether oxygens (including phenoxy) is 1. The van der Waals surface area contributed by atoms with Gasteiger partial charge in [0.1, 0.15) is 0 Å². The number of rotatable bonds is 4. The van der Waals surface area contributed by atoms with E-state index in [0.717, 1.165) is 11.4 Å². The maximum Gasteiger partial charge on any atom is 0.322 e. The molecule has 0 aromatic carbocycles. The average molecular weight is 250 g/mol. The zero-order valence-corrected chi connectivity index (χ0v) is 10.3. The average Bonchev–Trinajstić information content (AvgIpc) is 2.67. The first-order chi connectivity index (χ1) is 8.62. The minimum absolute atomic E-state index is 0.169. The third kappa shape index (κ3) is 2.46. The molecule has 18 heavy (non-hydrogen) atoms. The summed E-state index contributed by atoms with van der Waals surface area (Å²) in [5, 5.41) is 7.23. The largest absolute Gasteiger partial charge is 0.467 e. The number of nitrogens with one attached hydrogen (secondary N) is 2. The molecule has 0 spiro atoms. The van der Waals surface area contributed by atoms with Crippen molar-refractivity contribution in [3.8, 4) is 6.01 Å². The van der Waals surface area contributed by atoms with Crippen molar-refractivity contribution < 1.29 is 4.74 Å². The lowest BCUT2D eigenvalue weighted by Crippen LogP contribution is -2.13. The minimum Gasteiger partial charge on any atom is -0.467 e. The van der Waals surface area contributed by atoms with Gasteiger partial charge in [-0.05, 0) is 6.92 Å². The van der Waals surface area contributed by atoms with Crippen molar-refractivity contribution in [1.82, 2.24) is 24.7 Å². The van der Waals surface area contributed by atoms with Crippen LogP contribution in [0.15, 0.2) is 6.20 Å². The van der Waals surface area contributed by atoms with Crippen LogP contribution < -0.4 is 21.3 Å². The third-order valence-electron chi connectivity index (χ3n) is 2.19. The zero-order valence-electron chi connectivity index (χ0n) is 10.3. The Kier molecular flexibility index (Phi) is 3.24. The molecule has 9 heteroatoms. The Morgan fingerprint density at radius 3 is 2.56 bits per heavy atom. The summed E-state index contributed by atoms with van der Waals surface area (Å²) in [7, 11) is 3.30. The summed E-state index contributed by atoms with van der Waals surface area (Å²) in [4.78, 5) is 12.0. The van der Waals surface area contributed by atoms with Crippen LogP contribution in [0.2, 0.25) is 0 Å². The van der Waals surface area contributed by atoms with Gasteiger partial charge in [-0.15, -0.1) is 0 Å². The van der Waals surface area contributed by atoms with Crippen molar-refractivity contribution in [3.63, 3.8) is 0 Å². The molecule has 2 aromatic heterocycles. The van der Waals surface area contributed by atoms with Crippen molar-refractivity contribution in [1.29, 1.82) is 0 Å². The van der Waals surface area contributed by atoms with Crippen molar-refractivity contribution in [2.75, 3.05) is 17.9 Å². The van der Waals surface area contributed by atoms with E-state index in [1.54, 1.807) is 4.68 Å². The summed E-state index contributed by atoms with van der Waals surface area (Å²) in [6.07, 6.45) is 1.82. The smallest absolute Gasteiger partial charge is 0.322 e. The number of hydrogen-bond donors (Lipinski definition) is 3. The highest BCUT2D eigenvalue weighted by Gasteiger charge is 2.09. The SMILES string of the molecule is COc1nc(NN)nc(Nc2cn(C)nc2C)n1. The van der Waals surface area contributed by atoms with Crippen LogP contribution >= 0.6 is 0 Å². The number of methoxy groups -OCH3 is 1. The second-order valence-electron chi connectivity index (χ2n) is 3.54. The lowest BCUT2D eigenvalue weighted by molar-refractivity contribution is 0.379. The van der Waals surface area contributed by atoms with Crippen molar-refractivity contribution in [2.45, 2.75) is 6.92 Å². The Balaban J connectivity index is 2.30. The summed E-state index contributed by atoms with van der Waals surface area (Å²) in [5.41, 5.74) is 3.98. The number of aromatic nitrogens is 5.